The Bertz CT molecular complexity index is 1120. The summed E-state index contributed by atoms with van der Waals surface area (Å²) in [6.07, 6.45) is 2.77. The van der Waals surface area contributed by atoms with Gasteiger partial charge in [-0.2, -0.15) is 5.10 Å². The molecule has 1 aliphatic rings. The molecule has 1 fully saturated rings. The van der Waals surface area contributed by atoms with Gasteiger partial charge in [0.15, 0.2) is 0 Å². The van der Waals surface area contributed by atoms with E-state index in [9.17, 15) is 14.3 Å². The minimum atomic E-state index is -0.716. The van der Waals surface area contributed by atoms with Gasteiger partial charge in [-0.05, 0) is 54.0 Å². The van der Waals surface area contributed by atoms with E-state index in [-0.39, 0.29) is 18.2 Å². The van der Waals surface area contributed by atoms with Gasteiger partial charge in [-0.25, -0.2) is 8.91 Å². The third kappa shape index (κ3) is 3.98. The number of hydrogen-bond donors (Lipinski definition) is 1. The number of aliphatic hydroxyl groups is 1. The van der Waals surface area contributed by atoms with Gasteiger partial charge in [0.25, 0.3) is 0 Å². The van der Waals surface area contributed by atoms with Crippen LogP contribution in [0.5, 0.6) is 0 Å². The molecule has 1 saturated heterocycles. The number of aliphatic hydroxyl groups excluding tert-OH is 1. The number of esters is 1. The highest BCUT2D eigenvalue weighted by Gasteiger charge is 2.26. The zero-order valence-corrected chi connectivity index (χ0v) is 17.4. The summed E-state index contributed by atoms with van der Waals surface area (Å²) in [6.45, 7) is 4.15. The fourth-order valence-electron chi connectivity index (χ4n) is 3.86. The van der Waals surface area contributed by atoms with Gasteiger partial charge in [-0.3, -0.25) is 4.79 Å². The number of cyclic esters (lactones) is 1. The van der Waals surface area contributed by atoms with Crippen LogP contribution in [-0.2, 0) is 9.53 Å². The Hall–Kier alpha value is -2.70. The molecule has 0 unspecified atom stereocenters. The Kier molecular flexibility index (Phi) is 5.62. The maximum atomic E-state index is 13.5. The van der Waals surface area contributed by atoms with Crippen LogP contribution in [0.25, 0.3) is 22.9 Å². The van der Waals surface area contributed by atoms with E-state index in [2.05, 4.69) is 13.8 Å². The Labute approximate surface area is 178 Å². The van der Waals surface area contributed by atoms with Crippen molar-refractivity contribution in [1.82, 2.24) is 9.61 Å². The van der Waals surface area contributed by atoms with Crippen LogP contribution in [0.3, 0.4) is 0 Å². The van der Waals surface area contributed by atoms with Gasteiger partial charge in [0, 0.05) is 17.5 Å². The lowest BCUT2D eigenvalue weighted by atomic mass is 9.92. The van der Waals surface area contributed by atoms with Gasteiger partial charge in [0.1, 0.15) is 17.1 Å². The zero-order chi connectivity index (χ0) is 21.4. The molecular weight excluding hydrogens is 407 g/mol. The third-order valence-electron chi connectivity index (χ3n) is 5.19. The molecule has 7 heteroatoms. The zero-order valence-electron chi connectivity index (χ0n) is 16.7. The summed E-state index contributed by atoms with van der Waals surface area (Å²) in [7, 11) is 0. The maximum absolute atomic E-state index is 13.5. The van der Waals surface area contributed by atoms with E-state index < -0.39 is 18.2 Å². The lowest BCUT2D eigenvalue weighted by Gasteiger charge is -2.24. The predicted molar refractivity (Wildman–Crippen MR) is 114 cm³/mol. The van der Waals surface area contributed by atoms with E-state index in [4.69, 9.17) is 21.4 Å². The van der Waals surface area contributed by atoms with E-state index in [1.165, 1.54) is 12.1 Å². The smallest absolute Gasteiger partial charge is 0.309 e. The number of carbonyl (C=O) groups is 1. The van der Waals surface area contributed by atoms with Gasteiger partial charge >= 0.3 is 5.97 Å². The maximum Gasteiger partial charge on any atom is 0.309 e. The minimum absolute atomic E-state index is 0.0125. The summed E-state index contributed by atoms with van der Waals surface area (Å²) >= 11 is 6.35. The van der Waals surface area contributed by atoms with Crippen molar-refractivity contribution in [2.75, 3.05) is 0 Å². The van der Waals surface area contributed by atoms with Crippen molar-refractivity contribution < 1.29 is 19.0 Å². The molecule has 0 amide bonds. The van der Waals surface area contributed by atoms with Gasteiger partial charge in [-0.1, -0.05) is 31.5 Å². The van der Waals surface area contributed by atoms with Crippen LogP contribution in [0.1, 0.15) is 43.7 Å². The molecule has 3 aromatic rings. The van der Waals surface area contributed by atoms with Crippen LogP contribution in [0, 0.1) is 5.82 Å². The fourth-order valence-corrected chi connectivity index (χ4v) is 4.05. The summed E-state index contributed by atoms with van der Waals surface area (Å²) in [5.41, 5.74) is 4.12. The Morgan fingerprint density at radius 1 is 1.27 bits per heavy atom. The number of carbonyl (C=O) groups excluding carboxylic acids is 1. The molecular formula is C23H22ClFN2O3. The van der Waals surface area contributed by atoms with Crippen LogP contribution in [0.2, 0.25) is 5.15 Å². The molecule has 1 aliphatic heterocycles. The molecule has 0 aliphatic carbocycles. The standard InChI is InChI=1S/C23H22ClFN2O3/c1-13(2)22-18(8-7-17-11-16(28)12-21(29)30-17)23(14-3-5-15(25)6-4-14)26-27-19(22)9-10-20(27)24/h3-10,13,16-17,28H,11-12H2,1-2H3/b8-7+/t16-,17-/m1/s1. The summed E-state index contributed by atoms with van der Waals surface area (Å²) in [4.78, 5) is 11.7. The van der Waals surface area contributed by atoms with E-state index in [0.717, 1.165) is 22.2 Å². The molecule has 2 aromatic heterocycles. The normalized spacial score (nSPS) is 19.7. The van der Waals surface area contributed by atoms with Crippen LogP contribution in [0.15, 0.2) is 42.5 Å². The second-order valence-corrected chi connectivity index (χ2v) is 8.16. The quantitative estimate of drug-likeness (QED) is 0.594. The number of aromatic nitrogens is 2. The van der Waals surface area contributed by atoms with Gasteiger partial charge in [0.05, 0.1) is 23.7 Å². The first-order valence-electron chi connectivity index (χ1n) is 9.86. The Morgan fingerprint density at radius 2 is 2.00 bits per heavy atom. The van der Waals surface area contributed by atoms with Crippen molar-refractivity contribution >= 4 is 29.2 Å². The second kappa shape index (κ2) is 8.20. The molecule has 1 N–H and O–H groups in total. The highest BCUT2D eigenvalue weighted by molar-refractivity contribution is 6.30. The molecule has 5 nitrogen and oxygen atoms in total. The van der Waals surface area contributed by atoms with E-state index in [1.807, 2.05) is 12.1 Å². The van der Waals surface area contributed by atoms with Crippen molar-refractivity contribution in [3.05, 3.63) is 64.6 Å². The summed E-state index contributed by atoms with van der Waals surface area (Å²) in [5, 5.41) is 15.1. The molecule has 0 bridgehead atoms. The number of hydrogen-bond acceptors (Lipinski definition) is 4. The Morgan fingerprint density at radius 3 is 2.67 bits per heavy atom. The fraction of sp³-hybridized carbons (Fsp3) is 0.304. The third-order valence-corrected chi connectivity index (χ3v) is 5.48. The van der Waals surface area contributed by atoms with Gasteiger partial charge in [-0.15, -0.1) is 0 Å². The number of benzene rings is 1. The van der Waals surface area contributed by atoms with Crippen LogP contribution >= 0.6 is 11.6 Å². The molecule has 156 valence electrons. The average molecular weight is 429 g/mol. The van der Waals surface area contributed by atoms with Gasteiger partial charge < -0.3 is 9.84 Å². The minimum Gasteiger partial charge on any atom is -0.458 e. The van der Waals surface area contributed by atoms with Crippen molar-refractivity contribution in [2.45, 2.75) is 44.8 Å². The molecule has 1 aromatic carbocycles. The number of rotatable bonds is 4. The summed E-state index contributed by atoms with van der Waals surface area (Å²) < 4.78 is 20.5. The largest absolute Gasteiger partial charge is 0.458 e. The highest BCUT2D eigenvalue weighted by atomic mass is 35.5. The average Bonchev–Trinajstić information content (AvgIpc) is 3.05. The molecule has 0 spiro atoms. The number of nitrogens with zero attached hydrogens (tertiary/aromatic N) is 2. The van der Waals surface area contributed by atoms with E-state index in [0.29, 0.717) is 17.3 Å². The SMILES string of the molecule is CC(C)c1c(/C=C/[C@@H]2C[C@@H](O)CC(=O)O2)c(-c2ccc(F)cc2)nn2c(Cl)ccc12. The van der Waals surface area contributed by atoms with Crippen molar-refractivity contribution in [3.63, 3.8) is 0 Å². The summed E-state index contributed by atoms with van der Waals surface area (Å²) in [6, 6.07) is 9.83. The monoisotopic (exact) mass is 428 g/mol. The van der Waals surface area contributed by atoms with Crippen molar-refractivity contribution in [3.8, 4) is 11.3 Å². The molecule has 0 radical (unpaired) electrons. The molecule has 4 rings (SSSR count). The van der Waals surface area contributed by atoms with Gasteiger partial charge in [0.2, 0.25) is 0 Å². The molecule has 2 atom stereocenters. The first-order valence-corrected chi connectivity index (χ1v) is 10.2. The predicted octanol–water partition coefficient (Wildman–Crippen LogP) is 5.00. The number of ether oxygens (including phenoxy) is 1. The number of fused-ring (bicyclic) bond motifs is 1. The van der Waals surface area contributed by atoms with Crippen molar-refractivity contribution in [1.29, 1.82) is 0 Å². The highest BCUT2D eigenvalue weighted by Crippen LogP contribution is 2.35. The topological polar surface area (TPSA) is 63.8 Å². The first-order chi connectivity index (χ1) is 14.3. The van der Waals surface area contributed by atoms with Crippen molar-refractivity contribution in [2.24, 2.45) is 0 Å². The van der Waals surface area contributed by atoms with E-state index in [1.54, 1.807) is 28.8 Å². The Balaban J connectivity index is 1.90. The summed E-state index contributed by atoms with van der Waals surface area (Å²) in [5.74, 6) is -0.610. The van der Waals surface area contributed by atoms with Crippen LogP contribution in [-0.4, -0.2) is 32.9 Å². The molecule has 3 heterocycles. The van der Waals surface area contributed by atoms with E-state index >= 15 is 0 Å². The lowest BCUT2D eigenvalue weighted by molar-refractivity contribution is -0.156. The van der Waals surface area contributed by atoms with Crippen LogP contribution < -0.4 is 0 Å². The number of halogens is 2. The van der Waals surface area contributed by atoms with Crippen LogP contribution in [0.4, 0.5) is 4.39 Å². The lowest BCUT2D eigenvalue weighted by Crippen LogP contribution is -2.31. The molecule has 0 saturated carbocycles. The molecule has 30 heavy (non-hydrogen) atoms. The first kappa shape index (κ1) is 20.6. The second-order valence-electron chi connectivity index (χ2n) is 7.77.